The molecular formula is C24H29N3O3. The largest absolute Gasteiger partial charge is 0.375 e. The number of aryl methyl sites for hydroxylation is 1. The maximum Gasteiger partial charge on any atom is 0.265 e. The van der Waals surface area contributed by atoms with Crippen LogP contribution in [0.5, 0.6) is 0 Å². The molecule has 0 saturated carbocycles. The Morgan fingerprint density at radius 1 is 1.00 bits per heavy atom. The number of benzene rings is 2. The smallest absolute Gasteiger partial charge is 0.265 e. The lowest BCUT2D eigenvalue weighted by molar-refractivity contribution is -0.136. The van der Waals surface area contributed by atoms with Crippen LogP contribution in [-0.4, -0.2) is 66.0 Å². The Labute approximate surface area is 177 Å². The minimum absolute atomic E-state index is 0.237. The summed E-state index contributed by atoms with van der Waals surface area (Å²) in [4.78, 5) is 32.5. The molecule has 158 valence electrons. The average molecular weight is 408 g/mol. The molecule has 2 aliphatic heterocycles. The zero-order chi connectivity index (χ0) is 21.3. The fourth-order valence-electron chi connectivity index (χ4n) is 4.34. The van der Waals surface area contributed by atoms with Gasteiger partial charge in [0, 0.05) is 37.3 Å². The minimum atomic E-state index is -1.83. The number of anilines is 1. The molecule has 0 bridgehead atoms. The van der Waals surface area contributed by atoms with Crippen LogP contribution in [0.25, 0.3) is 0 Å². The van der Waals surface area contributed by atoms with E-state index in [1.807, 2.05) is 31.2 Å². The molecule has 6 nitrogen and oxygen atoms in total. The number of fused-ring (bicyclic) bond motifs is 1. The van der Waals surface area contributed by atoms with Crippen LogP contribution in [0.2, 0.25) is 0 Å². The molecule has 1 fully saturated rings. The van der Waals surface area contributed by atoms with Crippen molar-refractivity contribution in [1.82, 2.24) is 9.80 Å². The molecule has 0 radical (unpaired) electrons. The minimum Gasteiger partial charge on any atom is -0.375 e. The van der Waals surface area contributed by atoms with Crippen LogP contribution >= 0.6 is 0 Å². The summed E-state index contributed by atoms with van der Waals surface area (Å²) in [6.07, 6.45) is -0.258. The van der Waals surface area contributed by atoms with Gasteiger partial charge in [0.1, 0.15) is 0 Å². The van der Waals surface area contributed by atoms with Crippen molar-refractivity contribution in [2.24, 2.45) is 0 Å². The standard InChI is InChI=1S/C24H29N3O3/c1-3-25-12-14-26(15-13-25)17-27-21-7-5-4-6-20(21)24(30,23(27)29)16-22(28)19-10-8-18(2)9-11-19/h4-11,30H,3,12-17H2,1-2H3/t24-/m0/s1. The zero-order valence-electron chi connectivity index (χ0n) is 17.7. The highest BCUT2D eigenvalue weighted by atomic mass is 16.3. The van der Waals surface area contributed by atoms with Crippen LogP contribution in [0.15, 0.2) is 48.5 Å². The van der Waals surface area contributed by atoms with Crippen molar-refractivity contribution in [1.29, 1.82) is 0 Å². The van der Waals surface area contributed by atoms with Gasteiger partial charge in [0.25, 0.3) is 5.91 Å². The molecule has 2 aliphatic rings. The Morgan fingerprint density at radius 2 is 1.63 bits per heavy atom. The first-order chi connectivity index (χ1) is 14.4. The summed E-state index contributed by atoms with van der Waals surface area (Å²) in [6, 6.07) is 14.5. The van der Waals surface area contributed by atoms with Crippen LogP contribution in [0, 0.1) is 6.92 Å². The van der Waals surface area contributed by atoms with Gasteiger partial charge in [-0.15, -0.1) is 0 Å². The molecule has 30 heavy (non-hydrogen) atoms. The average Bonchev–Trinajstić information content (AvgIpc) is 2.97. The van der Waals surface area contributed by atoms with Crippen molar-refractivity contribution in [2.75, 3.05) is 44.3 Å². The van der Waals surface area contributed by atoms with E-state index in [4.69, 9.17) is 0 Å². The van der Waals surface area contributed by atoms with E-state index in [1.54, 1.807) is 29.2 Å². The number of piperazine rings is 1. The third-order valence-corrected chi connectivity index (χ3v) is 6.28. The fourth-order valence-corrected chi connectivity index (χ4v) is 4.34. The maximum atomic E-state index is 13.4. The maximum absolute atomic E-state index is 13.4. The molecule has 0 spiro atoms. The second kappa shape index (κ2) is 8.30. The third-order valence-electron chi connectivity index (χ3n) is 6.28. The molecule has 1 saturated heterocycles. The van der Waals surface area contributed by atoms with Gasteiger partial charge in [0.15, 0.2) is 11.4 Å². The fraction of sp³-hybridized carbons (Fsp3) is 0.417. The highest BCUT2D eigenvalue weighted by molar-refractivity contribution is 6.10. The van der Waals surface area contributed by atoms with E-state index < -0.39 is 11.5 Å². The first-order valence-corrected chi connectivity index (χ1v) is 10.6. The van der Waals surface area contributed by atoms with Crippen LogP contribution in [-0.2, 0) is 10.4 Å². The van der Waals surface area contributed by atoms with Crippen molar-refractivity contribution < 1.29 is 14.7 Å². The lowest BCUT2D eigenvalue weighted by Crippen LogP contribution is -2.52. The predicted molar refractivity (Wildman–Crippen MR) is 117 cm³/mol. The molecule has 4 rings (SSSR count). The topological polar surface area (TPSA) is 64.1 Å². The van der Waals surface area contributed by atoms with Crippen molar-refractivity contribution in [2.45, 2.75) is 25.9 Å². The van der Waals surface area contributed by atoms with Crippen molar-refractivity contribution in [3.05, 3.63) is 65.2 Å². The summed E-state index contributed by atoms with van der Waals surface area (Å²) in [5.41, 5.74) is 0.946. The van der Waals surface area contributed by atoms with Gasteiger partial charge in [-0.25, -0.2) is 0 Å². The number of nitrogens with zero attached hydrogens (tertiary/aromatic N) is 3. The van der Waals surface area contributed by atoms with Crippen molar-refractivity contribution >= 4 is 17.4 Å². The Bertz CT molecular complexity index is 935. The Balaban J connectivity index is 1.56. The van der Waals surface area contributed by atoms with E-state index in [1.165, 1.54) is 0 Å². The van der Waals surface area contributed by atoms with E-state index in [-0.39, 0.29) is 12.2 Å². The van der Waals surface area contributed by atoms with Crippen LogP contribution in [0.4, 0.5) is 5.69 Å². The van der Waals surface area contributed by atoms with E-state index in [0.29, 0.717) is 23.5 Å². The number of carbonyl (C=O) groups excluding carboxylic acids is 2. The molecule has 0 aromatic heterocycles. The molecule has 2 aromatic rings. The zero-order valence-corrected chi connectivity index (χ0v) is 17.7. The summed E-state index contributed by atoms with van der Waals surface area (Å²) >= 11 is 0. The number of rotatable bonds is 6. The van der Waals surface area contributed by atoms with E-state index >= 15 is 0 Å². The van der Waals surface area contributed by atoms with Gasteiger partial charge in [-0.3, -0.25) is 19.4 Å². The SMILES string of the molecule is CCN1CCN(CN2C(=O)[C@](O)(CC(=O)c3ccc(C)cc3)c3ccccc32)CC1. The van der Waals surface area contributed by atoms with Gasteiger partial charge < -0.3 is 10.0 Å². The van der Waals surface area contributed by atoms with Crippen LogP contribution in [0.3, 0.4) is 0 Å². The lowest BCUT2D eigenvalue weighted by Gasteiger charge is -2.36. The van der Waals surface area contributed by atoms with Gasteiger partial charge >= 0.3 is 0 Å². The summed E-state index contributed by atoms with van der Waals surface area (Å²) in [6.45, 7) is 9.25. The highest BCUT2D eigenvalue weighted by Crippen LogP contribution is 2.42. The Hall–Kier alpha value is -2.54. The second-order valence-corrected chi connectivity index (χ2v) is 8.27. The molecule has 6 heteroatoms. The first-order valence-electron chi connectivity index (χ1n) is 10.6. The summed E-state index contributed by atoms with van der Waals surface area (Å²) in [5, 5.41) is 11.4. The van der Waals surface area contributed by atoms with Gasteiger partial charge in [-0.05, 0) is 19.5 Å². The lowest BCUT2D eigenvalue weighted by atomic mass is 9.88. The van der Waals surface area contributed by atoms with Gasteiger partial charge in [-0.2, -0.15) is 0 Å². The normalized spacial score (nSPS) is 22.4. The quantitative estimate of drug-likeness (QED) is 0.745. The van der Waals surface area contributed by atoms with E-state index in [2.05, 4.69) is 16.7 Å². The van der Waals surface area contributed by atoms with Gasteiger partial charge in [0.2, 0.25) is 0 Å². The molecule has 1 amide bonds. The number of hydrogen-bond donors (Lipinski definition) is 1. The second-order valence-electron chi connectivity index (χ2n) is 8.27. The molecule has 0 unspecified atom stereocenters. The van der Waals surface area contributed by atoms with E-state index in [0.717, 1.165) is 38.3 Å². The van der Waals surface area contributed by atoms with Gasteiger partial charge in [-0.1, -0.05) is 55.0 Å². The third kappa shape index (κ3) is 3.78. The predicted octanol–water partition coefficient (Wildman–Crippen LogP) is 2.40. The number of hydrogen-bond acceptors (Lipinski definition) is 5. The molecule has 0 aliphatic carbocycles. The van der Waals surface area contributed by atoms with Crippen molar-refractivity contribution in [3.8, 4) is 0 Å². The molecule has 1 atom stereocenters. The Kier molecular flexibility index (Phi) is 5.73. The monoisotopic (exact) mass is 407 g/mol. The number of aliphatic hydroxyl groups is 1. The number of Topliss-reactive ketones (excluding diaryl/α,β-unsaturated/α-hetero) is 1. The van der Waals surface area contributed by atoms with Crippen molar-refractivity contribution in [3.63, 3.8) is 0 Å². The van der Waals surface area contributed by atoms with Gasteiger partial charge in [0.05, 0.1) is 18.8 Å². The molecular weight excluding hydrogens is 378 g/mol. The summed E-state index contributed by atoms with van der Waals surface area (Å²) < 4.78 is 0. The first kappa shape index (κ1) is 20.7. The number of carbonyl (C=O) groups is 2. The Morgan fingerprint density at radius 3 is 2.30 bits per heavy atom. The van der Waals surface area contributed by atoms with Crippen LogP contribution < -0.4 is 4.90 Å². The van der Waals surface area contributed by atoms with Crippen LogP contribution in [0.1, 0.15) is 34.8 Å². The summed E-state index contributed by atoms with van der Waals surface area (Å²) in [7, 11) is 0. The number of para-hydroxylation sites is 1. The summed E-state index contributed by atoms with van der Waals surface area (Å²) in [5.74, 6) is -0.652. The molecule has 2 aromatic carbocycles. The highest BCUT2D eigenvalue weighted by Gasteiger charge is 2.51. The number of likely N-dealkylation sites (N-methyl/N-ethyl adjacent to an activating group) is 1. The molecule has 1 N–H and O–H groups in total. The number of amides is 1. The van der Waals surface area contributed by atoms with E-state index in [9.17, 15) is 14.7 Å². The number of ketones is 1. The molecule has 2 heterocycles.